The van der Waals surface area contributed by atoms with Crippen LogP contribution in [0.15, 0.2) is 18.2 Å². The molecule has 0 amide bonds. The molecule has 2 rings (SSSR count). The van der Waals surface area contributed by atoms with Gasteiger partial charge in [-0.25, -0.2) is 4.79 Å². The molecule has 0 radical (unpaired) electrons. The Labute approximate surface area is 113 Å². The smallest absolute Gasteiger partial charge is 0.338 e. The van der Waals surface area contributed by atoms with Crippen molar-refractivity contribution in [1.29, 1.82) is 0 Å². The van der Waals surface area contributed by atoms with Crippen LogP contribution in [0.25, 0.3) is 0 Å². The molecule has 0 aliphatic carbocycles. The molecule has 0 spiro atoms. The fourth-order valence-corrected chi connectivity index (χ4v) is 2.67. The summed E-state index contributed by atoms with van der Waals surface area (Å²) in [5.74, 6) is 0.200. The summed E-state index contributed by atoms with van der Waals surface area (Å²) < 4.78 is 5.03. The molecule has 19 heavy (non-hydrogen) atoms. The lowest BCUT2D eigenvalue weighted by atomic mass is 9.86. The lowest BCUT2D eigenvalue weighted by Crippen LogP contribution is -2.16. The van der Waals surface area contributed by atoms with E-state index < -0.39 is 0 Å². The van der Waals surface area contributed by atoms with Gasteiger partial charge in [0.15, 0.2) is 0 Å². The topological polar surface area (TPSA) is 58.6 Å². The van der Waals surface area contributed by atoms with Gasteiger partial charge in [0.25, 0.3) is 0 Å². The summed E-state index contributed by atoms with van der Waals surface area (Å²) >= 11 is 0. The zero-order chi connectivity index (χ0) is 13.8. The SMILES string of the molecule is CCOC(=O)c1ccc(C)c([C@H]2CNC[C@@H]2CO)c1. The van der Waals surface area contributed by atoms with Gasteiger partial charge in [-0.05, 0) is 37.1 Å². The van der Waals surface area contributed by atoms with E-state index in [0.717, 1.165) is 24.2 Å². The van der Waals surface area contributed by atoms with E-state index in [1.54, 1.807) is 13.0 Å². The number of hydrogen-bond donors (Lipinski definition) is 2. The van der Waals surface area contributed by atoms with Crippen molar-refractivity contribution in [2.24, 2.45) is 5.92 Å². The molecule has 4 nitrogen and oxygen atoms in total. The highest BCUT2D eigenvalue weighted by molar-refractivity contribution is 5.89. The van der Waals surface area contributed by atoms with Gasteiger partial charge in [-0.2, -0.15) is 0 Å². The molecule has 2 N–H and O–H groups in total. The molecular weight excluding hydrogens is 242 g/mol. The summed E-state index contributed by atoms with van der Waals surface area (Å²) in [6.45, 7) is 6.06. The van der Waals surface area contributed by atoms with Crippen LogP contribution in [-0.4, -0.2) is 37.4 Å². The van der Waals surface area contributed by atoms with Crippen molar-refractivity contribution in [1.82, 2.24) is 5.32 Å². The van der Waals surface area contributed by atoms with Crippen LogP contribution in [-0.2, 0) is 4.74 Å². The van der Waals surface area contributed by atoms with Crippen molar-refractivity contribution in [2.75, 3.05) is 26.3 Å². The molecule has 1 heterocycles. The second-order valence-corrected chi connectivity index (χ2v) is 5.00. The van der Waals surface area contributed by atoms with E-state index in [2.05, 4.69) is 5.32 Å². The lowest BCUT2D eigenvalue weighted by Gasteiger charge is -2.19. The van der Waals surface area contributed by atoms with Crippen molar-refractivity contribution in [2.45, 2.75) is 19.8 Å². The van der Waals surface area contributed by atoms with Gasteiger partial charge in [0.05, 0.1) is 12.2 Å². The van der Waals surface area contributed by atoms with Crippen LogP contribution in [0.5, 0.6) is 0 Å². The molecule has 1 aliphatic heterocycles. The molecule has 0 aromatic heterocycles. The van der Waals surface area contributed by atoms with E-state index in [1.807, 2.05) is 19.1 Å². The van der Waals surface area contributed by atoms with E-state index in [9.17, 15) is 9.90 Å². The summed E-state index contributed by atoms with van der Waals surface area (Å²) in [5, 5.41) is 12.7. The second kappa shape index (κ2) is 6.17. The molecule has 0 unspecified atom stereocenters. The predicted octanol–water partition coefficient (Wildman–Crippen LogP) is 1.47. The molecule has 1 fully saturated rings. The Hall–Kier alpha value is -1.39. The van der Waals surface area contributed by atoms with E-state index in [0.29, 0.717) is 12.2 Å². The number of ether oxygens (including phenoxy) is 1. The van der Waals surface area contributed by atoms with Crippen molar-refractivity contribution in [3.8, 4) is 0 Å². The van der Waals surface area contributed by atoms with Crippen LogP contribution in [0.4, 0.5) is 0 Å². The highest BCUT2D eigenvalue weighted by Gasteiger charge is 2.29. The number of benzene rings is 1. The minimum Gasteiger partial charge on any atom is -0.462 e. The Bertz CT molecular complexity index is 459. The van der Waals surface area contributed by atoms with Gasteiger partial charge in [0.2, 0.25) is 0 Å². The maximum absolute atomic E-state index is 11.8. The highest BCUT2D eigenvalue weighted by atomic mass is 16.5. The molecule has 0 saturated carbocycles. The molecule has 1 aromatic rings. The standard InChI is InChI=1S/C15H21NO3/c1-3-19-15(18)11-5-4-10(2)13(6-11)14-8-16-7-12(14)9-17/h4-6,12,14,16-17H,3,7-9H2,1-2H3/t12-,14+/m1/s1. The highest BCUT2D eigenvalue weighted by Crippen LogP contribution is 2.30. The van der Waals surface area contributed by atoms with E-state index in [4.69, 9.17) is 4.74 Å². The Balaban J connectivity index is 2.29. The number of nitrogens with one attached hydrogen (secondary N) is 1. The zero-order valence-corrected chi connectivity index (χ0v) is 11.5. The summed E-state index contributed by atoms with van der Waals surface area (Å²) in [7, 11) is 0. The first-order chi connectivity index (χ1) is 9.17. The summed E-state index contributed by atoms with van der Waals surface area (Å²) in [6, 6.07) is 5.66. The molecule has 4 heteroatoms. The van der Waals surface area contributed by atoms with Gasteiger partial charge in [-0.15, -0.1) is 0 Å². The normalized spacial score (nSPS) is 22.5. The van der Waals surface area contributed by atoms with Gasteiger partial charge < -0.3 is 15.2 Å². The Morgan fingerprint density at radius 3 is 2.95 bits per heavy atom. The van der Waals surface area contributed by atoms with Crippen LogP contribution in [0.1, 0.15) is 34.3 Å². The average molecular weight is 263 g/mol. The predicted molar refractivity (Wildman–Crippen MR) is 73.3 cm³/mol. The number of carbonyl (C=O) groups excluding carboxylic acids is 1. The van der Waals surface area contributed by atoms with Crippen molar-refractivity contribution in [3.63, 3.8) is 0 Å². The van der Waals surface area contributed by atoms with Crippen LogP contribution in [0.2, 0.25) is 0 Å². The van der Waals surface area contributed by atoms with Crippen molar-refractivity contribution < 1.29 is 14.6 Å². The first kappa shape index (κ1) is 14.0. The quantitative estimate of drug-likeness (QED) is 0.808. The van der Waals surface area contributed by atoms with Gasteiger partial charge in [0.1, 0.15) is 0 Å². The maximum atomic E-state index is 11.8. The number of hydrogen-bond acceptors (Lipinski definition) is 4. The van der Waals surface area contributed by atoms with Crippen LogP contribution in [0.3, 0.4) is 0 Å². The first-order valence-corrected chi connectivity index (χ1v) is 6.76. The van der Waals surface area contributed by atoms with Crippen LogP contribution < -0.4 is 5.32 Å². The van der Waals surface area contributed by atoms with Crippen LogP contribution in [0, 0.1) is 12.8 Å². The lowest BCUT2D eigenvalue weighted by molar-refractivity contribution is 0.0526. The van der Waals surface area contributed by atoms with Gasteiger partial charge in [-0.3, -0.25) is 0 Å². The monoisotopic (exact) mass is 263 g/mol. The van der Waals surface area contributed by atoms with Gasteiger partial charge >= 0.3 is 5.97 Å². The third-order valence-electron chi connectivity index (χ3n) is 3.76. The van der Waals surface area contributed by atoms with E-state index >= 15 is 0 Å². The third kappa shape index (κ3) is 2.96. The number of aryl methyl sites for hydroxylation is 1. The second-order valence-electron chi connectivity index (χ2n) is 5.00. The van der Waals surface area contributed by atoms with Gasteiger partial charge in [-0.1, -0.05) is 6.07 Å². The fraction of sp³-hybridized carbons (Fsp3) is 0.533. The molecule has 1 saturated heterocycles. The molecule has 1 aliphatic rings. The minimum atomic E-state index is -0.282. The Morgan fingerprint density at radius 1 is 1.47 bits per heavy atom. The largest absolute Gasteiger partial charge is 0.462 e. The van der Waals surface area contributed by atoms with Crippen molar-refractivity contribution >= 4 is 5.97 Å². The molecular formula is C15H21NO3. The average Bonchev–Trinajstić information content (AvgIpc) is 2.87. The number of carbonyl (C=O) groups is 1. The maximum Gasteiger partial charge on any atom is 0.338 e. The van der Waals surface area contributed by atoms with E-state index in [-0.39, 0.29) is 24.4 Å². The fourth-order valence-electron chi connectivity index (χ4n) is 2.67. The first-order valence-electron chi connectivity index (χ1n) is 6.76. The summed E-state index contributed by atoms with van der Waals surface area (Å²) in [6.07, 6.45) is 0. The number of esters is 1. The van der Waals surface area contributed by atoms with Gasteiger partial charge in [0, 0.05) is 31.5 Å². The Kier molecular flexibility index (Phi) is 4.56. The number of rotatable bonds is 4. The van der Waals surface area contributed by atoms with Crippen LogP contribution >= 0.6 is 0 Å². The number of aliphatic hydroxyl groups is 1. The van der Waals surface area contributed by atoms with Crippen molar-refractivity contribution in [3.05, 3.63) is 34.9 Å². The zero-order valence-electron chi connectivity index (χ0n) is 11.5. The third-order valence-corrected chi connectivity index (χ3v) is 3.76. The molecule has 2 atom stereocenters. The number of aliphatic hydroxyl groups excluding tert-OH is 1. The minimum absolute atomic E-state index is 0.167. The Morgan fingerprint density at radius 2 is 2.26 bits per heavy atom. The molecule has 104 valence electrons. The summed E-state index contributed by atoms with van der Waals surface area (Å²) in [4.78, 5) is 11.8. The molecule has 1 aromatic carbocycles. The van der Waals surface area contributed by atoms with E-state index in [1.165, 1.54) is 0 Å². The molecule has 0 bridgehead atoms. The summed E-state index contributed by atoms with van der Waals surface area (Å²) in [5.41, 5.74) is 2.88.